The summed E-state index contributed by atoms with van der Waals surface area (Å²) in [6.07, 6.45) is 2.74. The van der Waals surface area contributed by atoms with Gasteiger partial charge in [0.2, 0.25) is 5.91 Å². The van der Waals surface area contributed by atoms with Gasteiger partial charge in [0.15, 0.2) is 11.3 Å². The number of likely N-dealkylation sites (N-methyl/N-ethyl adjacent to an activating group) is 1. The molecule has 1 saturated carbocycles. The molecule has 1 atom stereocenters. The Balaban J connectivity index is 2.97. The smallest absolute Gasteiger partial charge is 0.248 e. The highest BCUT2D eigenvalue weighted by molar-refractivity contribution is 6.10. The predicted molar refractivity (Wildman–Crippen MR) is 58.2 cm³/mol. The molecular formula is C11H20N2O2. The number of nitrogens with one attached hydrogen (secondary N) is 1. The Bertz CT molecular complexity index is 284. The van der Waals surface area contributed by atoms with Gasteiger partial charge in [0.1, 0.15) is 0 Å². The number of carbonyl (C=O) groups is 2. The molecule has 0 radical (unpaired) electrons. The van der Waals surface area contributed by atoms with Crippen molar-refractivity contribution in [3.63, 3.8) is 0 Å². The average Bonchev–Trinajstić information content (AvgIpc) is 2.12. The Morgan fingerprint density at radius 3 is 2.27 bits per heavy atom. The molecule has 1 aliphatic rings. The van der Waals surface area contributed by atoms with Gasteiger partial charge in [-0.3, -0.25) is 9.59 Å². The van der Waals surface area contributed by atoms with Crippen molar-refractivity contribution in [3.8, 4) is 0 Å². The van der Waals surface area contributed by atoms with Crippen molar-refractivity contribution < 1.29 is 9.59 Å². The monoisotopic (exact) mass is 212 g/mol. The number of hydrogen-bond acceptors (Lipinski definition) is 3. The molecule has 1 fully saturated rings. The van der Waals surface area contributed by atoms with Crippen LogP contribution in [0.3, 0.4) is 0 Å². The van der Waals surface area contributed by atoms with Crippen LogP contribution in [0.25, 0.3) is 0 Å². The Hall–Kier alpha value is -0.900. The van der Waals surface area contributed by atoms with E-state index in [1.807, 2.05) is 13.8 Å². The Labute approximate surface area is 90.6 Å². The van der Waals surface area contributed by atoms with Gasteiger partial charge in [0, 0.05) is 12.0 Å². The van der Waals surface area contributed by atoms with E-state index in [1.165, 1.54) is 6.92 Å². The maximum absolute atomic E-state index is 11.9. The van der Waals surface area contributed by atoms with Gasteiger partial charge in [-0.05, 0) is 26.7 Å². The zero-order valence-electron chi connectivity index (χ0n) is 9.72. The highest BCUT2D eigenvalue weighted by Gasteiger charge is 2.56. The van der Waals surface area contributed by atoms with Crippen LogP contribution in [0.1, 0.15) is 40.0 Å². The number of hydrogen-bond donors (Lipinski definition) is 2. The summed E-state index contributed by atoms with van der Waals surface area (Å²) in [6.45, 7) is 5.65. The molecule has 0 aromatic carbocycles. The van der Waals surface area contributed by atoms with Crippen LogP contribution in [0.2, 0.25) is 0 Å². The van der Waals surface area contributed by atoms with Crippen LogP contribution < -0.4 is 11.1 Å². The molecule has 0 heterocycles. The standard InChI is InChI=1S/C11H20N2O2/c1-4-13-9(15)11(12,8(2)14)10(3)6-5-7-10/h4-7,12H2,1-3H3,(H,13,15). The Morgan fingerprint density at radius 2 is 2.00 bits per heavy atom. The topological polar surface area (TPSA) is 72.2 Å². The summed E-state index contributed by atoms with van der Waals surface area (Å²) < 4.78 is 0. The van der Waals surface area contributed by atoms with Crippen molar-refractivity contribution in [1.29, 1.82) is 0 Å². The quantitative estimate of drug-likeness (QED) is 0.670. The lowest BCUT2D eigenvalue weighted by atomic mass is 9.57. The maximum Gasteiger partial charge on any atom is 0.248 e. The van der Waals surface area contributed by atoms with Crippen LogP contribution in [0.15, 0.2) is 0 Å². The first-order valence-corrected chi connectivity index (χ1v) is 5.46. The fraction of sp³-hybridized carbons (Fsp3) is 0.818. The molecule has 1 rings (SSSR count). The number of nitrogens with two attached hydrogens (primary N) is 1. The zero-order valence-corrected chi connectivity index (χ0v) is 9.72. The van der Waals surface area contributed by atoms with E-state index in [2.05, 4.69) is 5.32 Å². The second-order valence-corrected chi connectivity index (χ2v) is 4.64. The van der Waals surface area contributed by atoms with Crippen LogP contribution in [0, 0.1) is 5.41 Å². The largest absolute Gasteiger partial charge is 0.354 e. The summed E-state index contributed by atoms with van der Waals surface area (Å²) >= 11 is 0. The van der Waals surface area contributed by atoms with Gasteiger partial charge in [-0.25, -0.2) is 0 Å². The molecule has 1 unspecified atom stereocenters. The van der Waals surface area contributed by atoms with Gasteiger partial charge in [-0.2, -0.15) is 0 Å². The van der Waals surface area contributed by atoms with E-state index >= 15 is 0 Å². The third-order valence-corrected chi connectivity index (χ3v) is 3.66. The summed E-state index contributed by atoms with van der Waals surface area (Å²) in [4.78, 5) is 23.5. The van der Waals surface area contributed by atoms with Crippen LogP contribution >= 0.6 is 0 Å². The first-order valence-electron chi connectivity index (χ1n) is 5.46. The number of ketones is 1. The fourth-order valence-electron chi connectivity index (χ4n) is 2.26. The molecule has 0 aromatic rings. The second-order valence-electron chi connectivity index (χ2n) is 4.64. The Morgan fingerprint density at radius 1 is 1.47 bits per heavy atom. The lowest BCUT2D eigenvalue weighted by Crippen LogP contribution is -2.69. The molecule has 1 aliphatic carbocycles. The van der Waals surface area contributed by atoms with E-state index in [0.717, 1.165) is 19.3 Å². The summed E-state index contributed by atoms with van der Waals surface area (Å²) in [5, 5.41) is 2.66. The predicted octanol–water partition coefficient (Wildman–Crippen LogP) is 0.599. The summed E-state index contributed by atoms with van der Waals surface area (Å²) in [5.74, 6) is -0.574. The van der Waals surface area contributed by atoms with E-state index in [0.29, 0.717) is 6.54 Å². The van der Waals surface area contributed by atoms with Gasteiger partial charge in [0.25, 0.3) is 0 Å². The summed E-state index contributed by atoms with van der Waals surface area (Å²) in [7, 11) is 0. The molecule has 0 aliphatic heterocycles. The minimum atomic E-state index is -1.35. The van der Waals surface area contributed by atoms with Crippen molar-refractivity contribution in [2.75, 3.05) is 6.54 Å². The second kappa shape index (κ2) is 3.93. The third kappa shape index (κ3) is 1.67. The number of carbonyl (C=O) groups excluding carboxylic acids is 2. The van der Waals surface area contributed by atoms with Crippen LogP contribution in [0.4, 0.5) is 0 Å². The van der Waals surface area contributed by atoms with Gasteiger partial charge in [-0.1, -0.05) is 13.3 Å². The molecule has 4 heteroatoms. The summed E-state index contributed by atoms with van der Waals surface area (Å²) in [5.41, 5.74) is 4.34. The van der Waals surface area contributed by atoms with Crippen molar-refractivity contribution >= 4 is 11.7 Å². The van der Waals surface area contributed by atoms with Crippen LogP contribution in [0.5, 0.6) is 0 Å². The number of amides is 1. The highest BCUT2D eigenvalue weighted by Crippen LogP contribution is 2.48. The number of rotatable bonds is 4. The van der Waals surface area contributed by atoms with Gasteiger partial charge in [-0.15, -0.1) is 0 Å². The first kappa shape index (κ1) is 12.2. The van der Waals surface area contributed by atoms with E-state index < -0.39 is 5.54 Å². The molecule has 86 valence electrons. The van der Waals surface area contributed by atoms with Crippen molar-refractivity contribution in [2.45, 2.75) is 45.6 Å². The van der Waals surface area contributed by atoms with E-state index in [9.17, 15) is 9.59 Å². The molecule has 1 amide bonds. The van der Waals surface area contributed by atoms with Gasteiger partial charge in [0.05, 0.1) is 0 Å². The average molecular weight is 212 g/mol. The van der Waals surface area contributed by atoms with Crippen molar-refractivity contribution in [3.05, 3.63) is 0 Å². The van der Waals surface area contributed by atoms with E-state index in [-0.39, 0.29) is 17.1 Å². The van der Waals surface area contributed by atoms with Gasteiger partial charge < -0.3 is 11.1 Å². The molecule has 4 nitrogen and oxygen atoms in total. The molecule has 0 bridgehead atoms. The molecule has 0 saturated heterocycles. The SMILES string of the molecule is CCNC(=O)C(N)(C(C)=O)C1(C)CCC1. The normalized spacial score (nSPS) is 22.4. The van der Waals surface area contributed by atoms with E-state index in [1.54, 1.807) is 0 Å². The highest BCUT2D eigenvalue weighted by atomic mass is 16.2. The molecular weight excluding hydrogens is 192 g/mol. The zero-order chi connectivity index (χ0) is 11.7. The van der Waals surface area contributed by atoms with Crippen LogP contribution in [-0.4, -0.2) is 23.8 Å². The maximum atomic E-state index is 11.9. The molecule has 15 heavy (non-hydrogen) atoms. The fourth-order valence-corrected chi connectivity index (χ4v) is 2.26. The first-order chi connectivity index (χ1) is 6.88. The van der Waals surface area contributed by atoms with Gasteiger partial charge >= 0.3 is 0 Å². The lowest BCUT2D eigenvalue weighted by molar-refractivity contribution is -0.144. The van der Waals surface area contributed by atoms with Crippen molar-refractivity contribution in [1.82, 2.24) is 5.32 Å². The lowest BCUT2D eigenvalue weighted by Gasteiger charge is -2.49. The minimum Gasteiger partial charge on any atom is -0.354 e. The third-order valence-electron chi connectivity index (χ3n) is 3.66. The van der Waals surface area contributed by atoms with Crippen molar-refractivity contribution in [2.24, 2.45) is 11.1 Å². The molecule has 3 N–H and O–H groups in total. The number of Topliss-reactive ketones (excluding diaryl/α,β-unsaturated/α-hetero) is 1. The Kier molecular flexibility index (Phi) is 3.19. The summed E-state index contributed by atoms with van der Waals surface area (Å²) in [6, 6.07) is 0. The molecule has 0 aromatic heterocycles. The van der Waals surface area contributed by atoms with Crippen LogP contribution in [-0.2, 0) is 9.59 Å². The van der Waals surface area contributed by atoms with E-state index in [4.69, 9.17) is 5.73 Å². The minimum absolute atomic E-state index is 0.240. The molecule has 0 spiro atoms.